The molecule has 0 spiro atoms. The number of carbonyl (C=O) groups is 1. The summed E-state index contributed by atoms with van der Waals surface area (Å²) in [7, 11) is -1.79. The minimum absolute atomic E-state index is 0.137. The van der Waals surface area contributed by atoms with Gasteiger partial charge in [-0.25, -0.2) is 8.42 Å². The number of hydrogen-bond donors (Lipinski definition) is 3. The Morgan fingerprint density at radius 3 is 2.62 bits per heavy atom. The molecule has 204 valence electrons. The Balaban J connectivity index is 1.62. The fraction of sp³-hybridized carbons (Fsp3) is 0.615. The Kier molecular flexibility index (Phi) is 8.45. The van der Waals surface area contributed by atoms with E-state index in [4.69, 9.17) is 15.9 Å². The quantitative estimate of drug-likeness (QED) is 0.311. The van der Waals surface area contributed by atoms with Crippen molar-refractivity contribution in [2.75, 3.05) is 46.5 Å². The van der Waals surface area contributed by atoms with Crippen molar-refractivity contribution in [3.8, 4) is 5.75 Å². The molecule has 0 radical (unpaired) electrons. The molecule has 1 saturated heterocycles. The molecule has 11 heteroatoms. The van der Waals surface area contributed by atoms with Gasteiger partial charge >= 0.3 is 0 Å². The summed E-state index contributed by atoms with van der Waals surface area (Å²) >= 11 is 0. The van der Waals surface area contributed by atoms with Crippen LogP contribution >= 0.6 is 0 Å². The third-order valence-corrected chi connectivity index (χ3v) is 9.39. The Morgan fingerprint density at radius 1 is 1.24 bits per heavy atom. The Labute approximate surface area is 220 Å². The summed E-state index contributed by atoms with van der Waals surface area (Å²) in [6.07, 6.45) is 3.88. The van der Waals surface area contributed by atoms with E-state index >= 15 is 0 Å². The molecule has 1 aromatic rings. The van der Waals surface area contributed by atoms with Crippen molar-refractivity contribution in [2.45, 2.75) is 56.9 Å². The number of piperidine rings is 1. The van der Waals surface area contributed by atoms with Crippen molar-refractivity contribution in [3.63, 3.8) is 0 Å². The van der Waals surface area contributed by atoms with Crippen LogP contribution in [0.15, 0.2) is 34.4 Å². The van der Waals surface area contributed by atoms with E-state index in [1.165, 1.54) is 0 Å². The zero-order valence-electron chi connectivity index (χ0n) is 22.1. The Morgan fingerprint density at radius 2 is 1.97 bits per heavy atom. The van der Waals surface area contributed by atoms with Gasteiger partial charge in [0.25, 0.3) is 5.91 Å². The summed E-state index contributed by atoms with van der Waals surface area (Å²) in [5.41, 5.74) is 7.78. The Bertz CT molecular complexity index is 1160. The van der Waals surface area contributed by atoms with E-state index in [-0.39, 0.29) is 16.6 Å². The highest BCUT2D eigenvalue weighted by molar-refractivity contribution is 7.89. The third kappa shape index (κ3) is 5.78. The molecule has 3 heterocycles. The number of benzene rings is 1. The molecular formula is C26H40N6O4S. The second-order valence-corrected chi connectivity index (χ2v) is 12.2. The van der Waals surface area contributed by atoms with Gasteiger partial charge < -0.3 is 20.7 Å². The largest absolute Gasteiger partial charge is 0.494 e. The van der Waals surface area contributed by atoms with Gasteiger partial charge in [0, 0.05) is 38.7 Å². The number of amides is 1. The molecule has 4 N–H and O–H groups in total. The zero-order valence-corrected chi connectivity index (χ0v) is 22.9. The average Bonchev–Trinajstić information content (AvgIpc) is 3.20. The smallest absolute Gasteiger partial charge is 0.268 e. The van der Waals surface area contributed by atoms with E-state index in [0.717, 1.165) is 37.8 Å². The van der Waals surface area contributed by atoms with Gasteiger partial charge in [0.15, 0.2) is 0 Å². The van der Waals surface area contributed by atoms with Crippen LogP contribution in [0, 0.1) is 11.3 Å². The van der Waals surface area contributed by atoms with Crippen molar-refractivity contribution < 1.29 is 17.9 Å². The normalized spacial score (nSPS) is 21.8. The number of nitrogens with one attached hydrogen (secondary N) is 2. The van der Waals surface area contributed by atoms with Crippen LogP contribution in [-0.2, 0) is 14.8 Å². The summed E-state index contributed by atoms with van der Waals surface area (Å²) in [5.74, 6) is 0.997. The molecule has 1 aromatic carbocycles. The molecule has 0 aromatic heterocycles. The van der Waals surface area contributed by atoms with Gasteiger partial charge in [-0.2, -0.15) is 4.31 Å². The number of amidine groups is 1. The minimum Gasteiger partial charge on any atom is -0.494 e. The molecule has 10 nitrogen and oxygen atoms in total. The first-order valence-corrected chi connectivity index (χ1v) is 14.7. The maximum Gasteiger partial charge on any atom is 0.268 e. The second-order valence-electron chi connectivity index (χ2n) is 10.2. The van der Waals surface area contributed by atoms with Crippen LogP contribution in [0.3, 0.4) is 0 Å². The maximum absolute atomic E-state index is 13.6. The van der Waals surface area contributed by atoms with Crippen LogP contribution in [0.25, 0.3) is 0 Å². The molecule has 3 aliphatic rings. The lowest BCUT2D eigenvalue weighted by atomic mass is 9.93. The highest BCUT2D eigenvalue weighted by Gasteiger charge is 2.40. The zero-order chi connectivity index (χ0) is 26.7. The fourth-order valence-electron chi connectivity index (χ4n) is 5.69. The molecule has 0 bridgehead atoms. The highest BCUT2D eigenvalue weighted by Crippen LogP contribution is 2.40. The predicted molar refractivity (Wildman–Crippen MR) is 143 cm³/mol. The summed E-state index contributed by atoms with van der Waals surface area (Å²) in [6.45, 7) is 7.58. The maximum atomic E-state index is 13.6. The summed E-state index contributed by atoms with van der Waals surface area (Å²) in [6, 6.07) is 4.56. The number of likely N-dealkylation sites (N-methyl/N-ethyl adjacent to an activating group) is 1. The van der Waals surface area contributed by atoms with E-state index < -0.39 is 16.1 Å². The lowest BCUT2D eigenvalue weighted by molar-refractivity contribution is -0.118. The second kappa shape index (κ2) is 11.4. The summed E-state index contributed by atoms with van der Waals surface area (Å²) < 4.78 is 34.7. The lowest BCUT2D eigenvalue weighted by Crippen LogP contribution is -2.43. The van der Waals surface area contributed by atoms with E-state index in [9.17, 15) is 13.2 Å². The number of carbonyl (C=O) groups excluding carboxylic acids is 1. The standard InChI is InChI=1S/C26H40N6O4S/c1-4-12-31-16-21-24(29-26(33)25(21)30(3)17-31)20-15-19(7-8-22(20)36-5-2)37(34,35)32-13-10-18(11-14-32)6-9-23(27)28/h7-8,15,18,24H,4-6,9-14,16-17H2,1-3H3,(H3,27,28)(H,29,33). The van der Waals surface area contributed by atoms with Crippen molar-refractivity contribution in [1.29, 1.82) is 5.41 Å². The molecule has 37 heavy (non-hydrogen) atoms. The van der Waals surface area contributed by atoms with Crippen LogP contribution in [0.1, 0.15) is 57.6 Å². The monoisotopic (exact) mass is 532 g/mol. The van der Waals surface area contributed by atoms with Gasteiger partial charge in [-0.1, -0.05) is 6.92 Å². The fourth-order valence-corrected chi connectivity index (χ4v) is 7.20. The SMILES string of the molecule is CCCN1CC2=C(C(=O)NC2c2cc(S(=O)(=O)N3CCC(CCC(=N)N)CC3)ccc2OCC)N(C)C1. The summed E-state index contributed by atoms with van der Waals surface area (Å²) in [4.78, 5) is 17.5. The van der Waals surface area contributed by atoms with Crippen molar-refractivity contribution in [3.05, 3.63) is 35.0 Å². The highest BCUT2D eigenvalue weighted by atomic mass is 32.2. The van der Waals surface area contributed by atoms with E-state index in [2.05, 4.69) is 17.1 Å². The van der Waals surface area contributed by atoms with Crippen molar-refractivity contribution >= 4 is 21.8 Å². The van der Waals surface area contributed by atoms with Crippen LogP contribution in [-0.4, -0.2) is 80.8 Å². The number of rotatable bonds is 10. The predicted octanol–water partition coefficient (Wildman–Crippen LogP) is 2.24. The first kappa shape index (κ1) is 27.4. The molecule has 1 unspecified atom stereocenters. The summed E-state index contributed by atoms with van der Waals surface area (Å²) in [5, 5.41) is 10.5. The van der Waals surface area contributed by atoms with Gasteiger partial charge in [0.2, 0.25) is 10.0 Å². The molecule has 1 fully saturated rings. The number of sulfonamides is 1. The van der Waals surface area contributed by atoms with Crippen LogP contribution < -0.4 is 15.8 Å². The molecular weight excluding hydrogens is 492 g/mol. The van der Waals surface area contributed by atoms with Gasteiger partial charge in [-0.05, 0) is 68.8 Å². The number of ether oxygens (including phenoxy) is 1. The van der Waals surface area contributed by atoms with Crippen LogP contribution in [0.2, 0.25) is 0 Å². The third-order valence-electron chi connectivity index (χ3n) is 7.50. The van der Waals surface area contributed by atoms with Gasteiger partial charge in [0.1, 0.15) is 11.4 Å². The average molecular weight is 533 g/mol. The number of nitrogens with two attached hydrogens (primary N) is 1. The first-order valence-electron chi connectivity index (χ1n) is 13.2. The minimum atomic E-state index is -3.71. The van der Waals surface area contributed by atoms with Crippen molar-refractivity contribution in [1.82, 2.24) is 19.4 Å². The number of nitrogens with zero attached hydrogens (tertiary/aromatic N) is 3. The van der Waals surface area contributed by atoms with Crippen LogP contribution in [0.4, 0.5) is 0 Å². The van der Waals surface area contributed by atoms with Gasteiger partial charge in [0.05, 0.1) is 30.0 Å². The van der Waals surface area contributed by atoms with Crippen LogP contribution in [0.5, 0.6) is 5.75 Å². The molecule has 0 saturated carbocycles. The van der Waals surface area contributed by atoms with Crippen molar-refractivity contribution in [2.24, 2.45) is 11.7 Å². The van der Waals surface area contributed by atoms with Gasteiger partial charge in [-0.15, -0.1) is 0 Å². The molecule has 0 aliphatic carbocycles. The van der Waals surface area contributed by atoms with E-state index in [1.54, 1.807) is 22.5 Å². The Hall–Kier alpha value is -2.63. The van der Waals surface area contributed by atoms with E-state index in [0.29, 0.717) is 62.3 Å². The molecule has 4 rings (SSSR count). The van der Waals surface area contributed by atoms with Gasteiger partial charge in [-0.3, -0.25) is 15.1 Å². The molecule has 1 atom stereocenters. The first-order chi connectivity index (χ1) is 17.6. The van der Waals surface area contributed by atoms with E-state index in [1.807, 2.05) is 18.9 Å². The topological polar surface area (TPSA) is 132 Å². The lowest BCUT2D eigenvalue weighted by Gasteiger charge is -2.35. The molecule has 1 amide bonds. The molecule has 3 aliphatic heterocycles. The number of hydrogen-bond acceptors (Lipinski definition) is 7.